The van der Waals surface area contributed by atoms with Crippen LogP contribution >= 0.6 is 23.2 Å². The Labute approximate surface area is 214 Å². The van der Waals surface area contributed by atoms with Gasteiger partial charge in [0.05, 0.1) is 17.6 Å². The Balaban J connectivity index is 1.29. The van der Waals surface area contributed by atoms with E-state index in [1.807, 2.05) is 43.3 Å². The van der Waals surface area contributed by atoms with Crippen LogP contribution in [0.15, 0.2) is 66.7 Å². The molecule has 0 bridgehead atoms. The lowest BCUT2D eigenvalue weighted by atomic mass is 10.2. The number of hydrogen-bond donors (Lipinski definition) is 1. The molecule has 0 radical (unpaired) electrons. The quantitative estimate of drug-likeness (QED) is 0.256. The summed E-state index contributed by atoms with van der Waals surface area (Å²) in [5.74, 6) is 2.15. The van der Waals surface area contributed by atoms with Gasteiger partial charge in [-0.15, -0.1) is 0 Å². The number of carbonyl (C=O) groups excluding carboxylic acids is 1. The molecule has 3 aromatic carbocycles. The highest BCUT2D eigenvalue weighted by Crippen LogP contribution is 2.22. The Morgan fingerprint density at radius 1 is 1.00 bits per heavy atom. The Bertz CT molecular complexity index is 1290. The number of nitrogens with zero attached hydrogens (tertiary/aromatic N) is 2. The number of rotatable bonds is 11. The van der Waals surface area contributed by atoms with E-state index in [0.29, 0.717) is 30.3 Å². The first kappa shape index (κ1) is 24.9. The van der Waals surface area contributed by atoms with Crippen molar-refractivity contribution in [3.8, 4) is 11.5 Å². The number of ether oxygens (including phenoxy) is 2. The minimum atomic E-state index is -0.186. The number of aryl methyl sites for hydroxylation is 2. The van der Waals surface area contributed by atoms with E-state index in [-0.39, 0.29) is 12.5 Å². The average molecular weight is 512 g/mol. The fraction of sp³-hybridized carbons (Fsp3) is 0.259. The van der Waals surface area contributed by atoms with Gasteiger partial charge in [-0.2, -0.15) is 0 Å². The van der Waals surface area contributed by atoms with Gasteiger partial charge in [-0.3, -0.25) is 4.79 Å². The summed E-state index contributed by atoms with van der Waals surface area (Å²) in [6, 6.07) is 20.6. The molecule has 0 saturated carbocycles. The minimum Gasteiger partial charge on any atom is -0.494 e. The van der Waals surface area contributed by atoms with E-state index in [0.717, 1.165) is 46.2 Å². The molecule has 8 heteroatoms. The van der Waals surface area contributed by atoms with Crippen LogP contribution in [0.1, 0.15) is 17.8 Å². The molecule has 0 aliphatic carbocycles. The van der Waals surface area contributed by atoms with Crippen molar-refractivity contribution in [1.29, 1.82) is 0 Å². The van der Waals surface area contributed by atoms with Gasteiger partial charge in [0.2, 0.25) is 0 Å². The van der Waals surface area contributed by atoms with Crippen molar-refractivity contribution in [3.05, 3.63) is 88.2 Å². The zero-order chi connectivity index (χ0) is 24.6. The number of aromatic nitrogens is 2. The molecule has 1 aromatic heterocycles. The van der Waals surface area contributed by atoms with Crippen molar-refractivity contribution in [2.45, 2.75) is 26.3 Å². The van der Waals surface area contributed by atoms with Gasteiger partial charge in [0, 0.05) is 29.6 Å². The second-order valence-electron chi connectivity index (χ2n) is 8.12. The second-order valence-corrected chi connectivity index (χ2v) is 8.97. The van der Waals surface area contributed by atoms with E-state index < -0.39 is 0 Å². The van der Waals surface area contributed by atoms with Gasteiger partial charge in [-0.25, -0.2) is 4.98 Å². The van der Waals surface area contributed by atoms with Gasteiger partial charge >= 0.3 is 0 Å². The molecule has 0 fully saturated rings. The SMILES string of the molecule is Cc1cc(OCCCn2c(CCNC(=O)COc3ccc(Cl)cc3)nc3ccccc32)ccc1Cl. The number of nitrogens with one attached hydrogen (secondary N) is 1. The van der Waals surface area contributed by atoms with Gasteiger partial charge in [0.1, 0.15) is 17.3 Å². The van der Waals surface area contributed by atoms with Crippen LogP contribution in [0.25, 0.3) is 11.0 Å². The zero-order valence-electron chi connectivity index (χ0n) is 19.5. The summed E-state index contributed by atoms with van der Waals surface area (Å²) in [6.45, 7) is 3.70. The predicted molar refractivity (Wildman–Crippen MR) is 140 cm³/mol. The lowest BCUT2D eigenvalue weighted by Gasteiger charge is -2.12. The number of amides is 1. The van der Waals surface area contributed by atoms with E-state index in [9.17, 15) is 4.79 Å². The first-order chi connectivity index (χ1) is 17.0. The molecule has 1 amide bonds. The highest BCUT2D eigenvalue weighted by atomic mass is 35.5. The normalized spacial score (nSPS) is 10.9. The van der Waals surface area contributed by atoms with Crippen LogP contribution in [-0.4, -0.2) is 35.2 Å². The maximum atomic E-state index is 12.2. The number of imidazole rings is 1. The van der Waals surface area contributed by atoms with Crippen LogP contribution in [0.3, 0.4) is 0 Å². The van der Waals surface area contributed by atoms with Crippen LogP contribution < -0.4 is 14.8 Å². The monoisotopic (exact) mass is 511 g/mol. The molecule has 4 aromatic rings. The molecule has 4 rings (SSSR count). The van der Waals surface area contributed by atoms with Crippen molar-refractivity contribution in [2.75, 3.05) is 19.8 Å². The van der Waals surface area contributed by atoms with Gasteiger partial charge in [0.25, 0.3) is 5.91 Å². The number of para-hydroxylation sites is 2. The maximum absolute atomic E-state index is 12.2. The maximum Gasteiger partial charge on any atom is 0.257 e. The smallest absolute Gasteiger partial charge is 0.257 e. The molecule has 182 valence electrons. The zero-order valence-corrected chi connectivity index (χ0v) is 21.0. The lowest BCUT2D eigenvalue weighted by Crippen LogP contribution is -2.31. The molecular formula is C27H27Cl2N3O3. The van der Waals surface area contributed by atoms with Crippen LogP contribution in [0.2, 0.25) is 10.0 Å². The van der Waals surface area contributed by atoms with Crippen molar-refractivity contribution >= 4 is 40.1 Å². The van der Waals surface area contributed by atoms with Crippen molar-refractivity contribution in [1.82, 2.24) is 14.9 Å². The average Bonchev–Trinajstić information content (AvgIpc) is 3.21. The molecule has 0 spiro atoms. The number of carbonyl (C=O) groups is 1. The van der Waals surface area contributed by atoms with E-state index in [2.05, 4.69) is 16.0 Å². The number of fused-ring (bicyclic) bond motifs is 1. The lowest BCUT2D eigenvalue weighted by molar-refractivity contribution is -0.123. The molecule has 6 nitrogen and oxygen atoms in total. The molecule has 1 N–H and O–H groups in total. The molecule has 0 saturated heterocycles. The van der Waals surface area contributed by atoms with Crippen molar-refractivity contribution < 1.29 is 14.3 Å². The van der Waals surface area contributed by atoms with E-state index in [4.69, 9.17) is 37.7 Å². The Morgan fingerprint density at radius 3 is 2.57 bits per heavy atom. The first-order valence-electron chi connectivity index (χ1n) is 11.5. The van der Waals surface area contributed by atoms with Crippen molar-refractivity contribution in [2.24, 2.45) is 0 Å². The third-order valence-electron chi connectivity index (χ3n) is 5.51. The number of halogens is 2. The topological polar surface area (TPSA) is 65.4 Å². The molecule has 0 aliphatic rings. The standard InChI is InChI=1S/C27H27Cl2N3O3/c1-19-17-22(11-12-23(19)29)34-16-4-15-32-25-6-3-2-5-24(25)31-26(32)13-14-30-27(33)18-35-21-9-7-20(28)8-10-21/h2-3,5-12,17H,4,13-16,18H2,1H3,(H,30,33). The Hall–Kier alpha value is -3.22. The molecule has 1 heterocycles. The predicted octanol–water partition coefficient (Wildman–Crippen LogP) is 5.86. The summed E-state index contributed by atoms with van der Waals surface area (Å²) in [7, 11) is 0. The fourth-order valence-corrected chi connectivity index (χ4v) is 3.97. The molecule has 0 unspecified atom stereocenters. The van der Waals surface area contributed by atoms with Crippen molar-refractivity contribution in [3.63, 3.8) is 0 Å². The van der Waals surface area contributed by atoms with Crippen LogP contribution in [0.5, 0.6) is 11.5 Å². The Kier molecular flexibility index (Phi) is 8.50. The summed E-state index contributed by atoms with van der Waals surface area (Å²) >= 11 is 12.0. The molecule has 0 atom stereocenters. The molecular weight excluding hydrogens is 485 g/mol. The van der Waals surface area contributed by atoms with Crippen LogP contribution in [-0.2, 0) is 17.8 Å². The largest absolute Gasteiger partial charge is 0.494 e. The van der Waals surface area contributed by atoms with Gasteiger partial charge in [0.15, 0.2) is 6.61 Å². The summed E-state index contributed by atoms with van der Waals surface area (Å²) in [5.41, 5.74) is 3.00. The molecule has 35 heavy (non-hydrogen) atoms. The minimum absolute atomic E-state index is 0.0560. The number of benzene rings is 3. The first-order valence-corrected chi connectivity index (χ1v) is 12.2. The van der Waals surface area contributed by atoms with Crippen LogP contribution in [0.4, 0.5) is 0 Å². The second kappa shape index (κ2) is 12.0. The summed E-state index contributed by atoms with van der Waals surface area (Å²) in [6.07, 6.45) is 1.43. The Morgan fingerprint density at radius 2 is 1.77 bits per heavy atom. The van der Waals surface area contributed by atoms with Gasteiger partial charge in [-0.05, 0) is 73.5 Å². The van der Waals surface area contributed by atoms with E-state index in [1.165, 1.54) is 0 Å². The summed E-state index contributed by atoms with van der Waals surface area (Å²) < 4.78 is 13.6. The van der Waals surface area contributed by atoms with Gasteiger partial charge in [-0.1, -0.05) is 35.3 Å². The molecule has 0 aliphatic heterocycles. The highest BCUT2D eigenvalue weighted by molar-refractivity contribution is 6.31. The number of hydrogen-bond acceptors (Lipinski definition) is 4. The van der Waals surface area contributed by atoms with Gasteiger partial charge < -0.3 is 19.4 Å². The fourth-order valence-electron chi connectivity index (χ4n) is 3.73. The summed E-state index contributed by atoms with van der Waals surface area (Å²) in [4.78, 5) is 17.0. The van der Waals surface area contributed by atoms with Crippen LogP contribution in [0, 0.1) is 6.92 Å². The van der Waals surface area contributed by atoms with E-state index in [1.54, 1.807) is 24.3 Å². The highest BCUT2D eigenvalue weighted by Gasteiger charge is 2.11. The third-order valence-corrected chi connectivity index (χ3v) is 6.19. The third kappa shape index (κ3) is 6.90. The van der Waals surface area contributed by atoms with E-state index >= 15 is 0 Å². The summed E-state index contributed by atoms with van der Waals surface area (Å²) in [5, 5.41) is 4.26.